The highest BCUT2D eigenvalue weighted by atomic mass is 15.3. The zero-order valence-electron chi connectivity index (χ0n) is 12.7. The van der Waals surface area contributed by atoms with Gasteiger partial charge in [-0.2, -0.15) is 5.10 Å². The molecule has 1 aromatic heterocycles. The second-order valence-corrected chi connectivity index (χ2v) is 6.32. The molecule has 1 heterocycles. The Bertz CT molecular complexity index is 431. The van der Waals surface area contributed by atoms with Crippen LogP contribution in [0.15, 0.2) is 0 Å². The van der Waals surface area contributed by atoms with E-state index in [2.05, 4.69) is 45.0 Å². The Balaban J connectivity index is 2.17. The topological polar surface area (TPSA) is 29.9 Å². The highest BCUT2D eigenvalue weighted by molar-refractivity contribution is 5.34. The lowest BCUT2D eigenvalue weighted by Crippen LogP contribution is -2.55. The summed E-state index contributed by atoms with van der Waals surface area (Å²) in [7, 11) is 2.05. The van der Waals surface area contributed by atoms with Crippen molar-refractivity contribution in [1.29, 1.82) is 0 Å². The molecule has 3 heteroatoms. The lowest BCUT2D eigenvalue weighted by Gasteiger charge is -2.53. The summed E-state index contributed by atoms with van der Waals surface area (Å²) in [5, 5.41) is 8.24. The predicted octanol–water partition coefficient (Wildman–Crippen LogP) is 2.92. The van der Waals surface area contributed by atoms with Crippen molar-refractivity contribution >= 4 is 0 Å². The van der Waals surface area contributed by atoms with E-state index in [1.807, 2.05) is 11.7 Å². The van der Waals surface area contributed by atoms with Crippen LogP contribution in [0, 0.1) is 19.3 Å². The average Bonchev–Trinajstić information content (AvgIpc) is 2.54. The number of nitrogens with zero attached hydrogens (tertiary/aromatic N) is 2. The Hall–Kier alpha value is -0.830. The fraction of sp³-hybridized carbons (Fsp3) is 0.800. The Morgan fingerprint density at radius 2 is 2.06 bits per heavy atom. The minimum absolute atomic E-state index is 0.341. The molecule has 0 amide bonds. The standard InChI is InChI=1S/C15H27N3/c1-7-8-16-13-9-12(15(13,4)5)14-10(2)17-18(6)11(14)3/h12-13,16H,7-9H2,1-6H3. The third-order valence-electron chi connectivity index (χ3n) is 4.82. The SMILES string of the molecule is CCCNC1CC(c2c(C)nn(C)c2C)C1(C)C. The summed E-state index contributed by atoms with van der Waals surface area (Å²) >= 11 is 0. The van der Waals surface area contributed by atoms with Crippen LogP contribution < -0.4 is 5.32 Å². The van der Waals surface area contributed by atoms with Crippen molar-refractivity contribution in [3.05, 3.63) is 17.0 Å². The summed E-state index contributed by atoms with van der Waals surface area (Å²) in [5.41, 5.74) is 4.37. The molecule has 0 aliphatic heterocycles. The summed E-state index contributed by atoms with van der Waals surface area (Å²) in [6.45, 7) is 12.5. The highest BCUT2D eigenvalue weighted by Gasteiger charge is 2.49. The van der Waals surface area contributed by atoms with E-state index in [9.17, 15) is 0 Å². The predicted molar refractivity (Wildman–Crippen MR) is 75.9 cm³/mol. The van der Waals surface area contributed by atoms with Crippen molar-refractivity contribution in [2.45, 2.75) is 59.4 Å². The van der Waals surface area contributed by atoms with Crippen LogP contribution in [0.5, 0.6) is 0 Å². The maximum absolute atomic E-state index is 4.56. The summed E-state index contributed by atoms with van der Waals surface area (Å²) in [6, 6.07) is 0.654. The van der Waals surface area contributed by atoms with Crippen LogP contribution in [0.2, 0.25) is 0 Å². The van der Waals surface area contributed by atoms with Crippen LogP contribution in [0.3, 0.4) is 0 Å². The van der Waals surface area contributed by atoms with Gasteiger partial charge in [0.25, 0.3) is 0 Å². The van der Waals surface area contributed by atoms with Crippen LogP contribution in [0.4, 0.5) is 0 Å². The largest absolute Gasteiger partial charge is 0.313 e. The molecule has 1 N–H and O–H groups in total. The summed E-state index contributed by atoms with van der Waals surface area (Å²) in [5.74, 6) is 0.653. The highest BCUT2D eigenvalue weighted by Crippen LogP contribution is 2.53. The number of aryl methyl sites for hydroxylation is 2. The molecule has 0 saturated heterocycles. The minimum atomic E-state index is 0.341. The lowest BCUT2D eigenvalue weighted by molar-refractivity contribution is 0.0686. The quantitative estimate of drug-likeness (QED) is 0.889. The molecule has 1 fully saturated rings. The number of hydrogen-bond donors (Lipinski definition) is 1. The molecule has 1 aromatic rings. The van der Waals surface area contributed by atoms with E-state index in [0.29, 0.717) is 17.4 Å². The van der Waals surface area contributed by atoms with E-state index < -0.39 is 0 Å². The maximum Gasteiger partial charge on any atom is 0.0631 e. The van der Waals surface area contributed by atoms with Crippen LogP contribution >= 0.6 is 0 Å². The van der Waals surface area contributed by atoms with E-state index in [0.717, 1.165) is 6.54 Å². The third kappa shape index (κ3) is 1.99. The van der Waals surface area contributed by atoms with Crippen molar-refractivity contribution in [3.8, 4) is 0 Å². The Kier molecular flexibility index (Phi) is 3.54. The second-order valence-electron chi connectivity index (χ2n) is 6.32. The van der Waals surface area contributed by atoms with Crippen molar-refractivity contribution in [2.75, 3.05) is 6.54 Å². The third-order valence-corrected chi connectivity index (χ3v) is 4.82. The molecule has 1 saturated carbocycles. The van der Waals surface area contributed by atoms with Crippen LogP contribution in [0.25, 0.3) is 0 Å². The number of rotatable bonds is 4. The van der Waals surface area contributed by atoms with Crippen LogP contribution in [-0.2, 0) is 7.05 Å². The van der Waals surface area contributed by atoms with Gasteiger partial charge in [0.05, 0.1) is 5.69 Å². The first-order valence-corrected chi connectivity index (χ1v) is 7.13. The Labute approximate surface area is 111 Å². The summed E-state index contributed by atoms with van der Waals surface area (Å²) in [4.78, 5) is 0. The van der Waals surface area contributed by atoms with Gasteiger partial charge in [0.1, 0.15) is 0 Å². The van der Waals surface area contributed by atoms with E-state index in [-0.39, 0.29) is 0 Å². The van der Waals surface area contributed by atoms with Gasteiger partial charge in [-0.15, -0.1) is 0 Å². The van der Waals surface area contributed by atoms with E-state index in [1.54, 1.807) is 0 Å². The van der Waals surface area contributed by atoms with Crippen LogP contribution in [0.1, 0.15) is 56.5 Å². The Morgan fingerprint density at radius 3 is 2.50 bits per heavy atom. The number of aromatic nitrogens is 2. The monoisotopic (exact) mass is 249 g/mol. The second kappa shape index (κ2) is 4.69. The molecule has 18 heavy (non-hydrogen) atoms. The zero-order chi connectivity index (χ0) is 13.5. The first-order chi connectivity index (χ1) is 8.39. The zero-order valence-corrected chi connectivity index (χ0v) is 12.7. The van der Waals surface area contributed by atoms with E-state index in [4.69, 9.17) is 0 Å². The van der Waals surface area contributed by atoms with Gasteiger partial charge in [-0.1, -0.05) is 20.8 Å². The normalized spacial score (nSPS) is 26.1. The average molecular weight is 249 g/mol. The van der Waals surface area contributed by atoms with Crippen molar-refractivity contribution in [2.24, 2.45) is 12.5 Å². The molecule has 102 valence electrons. The summed E-state index contributed by atoms with van der Waals surface area (Å²) < 4.78 is 2.02. The number of hydrogen-bond acceptors (Lipinski definition) is 2. The lowest BCUT2D eigenvalue weighted by atomic mass is 9.56. The Morgan fingerprint density at radius 1 is 1.39 bits per heavy atom. The van der Waals surface area contributed by atoms with Crippen molar-refractivity contribution in [3.63, 3.8) is 0 Å². The van der Waals surface area contributed by atoms with Gasteiger partial charge < -0.3 is 5.32 Å². The van der Waals surface area contributed by atoms with Crippen LogP contribution in [-0.4, -0.2) is 22.4 Å². The van der Waals surface area contributed by atoms with Gasteiger partial charge in [-0.05, 0) is 50.1 Å². The molecule has 2 unspecified atom stereocenters. The molecule has 3 nitrogen and oxygen atoms in total. The maximum atomic E-state index is 4.56. The molecule has 1 aliphatic carbocycles. The molecule has 1 aliphatic rings. The molecule has 0 spiro atoms. The fourth-order valence-electron chi connectivity index (χ4n) is 3.37. The molecule has 0 aromatic carbocycles. The smallest absolute Gasteiger partial charge is 0.0631 e. The van der Waals surface area contributed by atoms with Gasteiger partial charge in [0.15, 0.2) is 0 Å². The fourth-order valence-corrected chi connectivity index (χ4v) is 3.37. The minimum Gasteiger partial charge on any atom is -0.313 e. The number of nitrogens with one attached hydrogen (secondary N) is 1. The molecular weight excluding hydrogens is 222 g/mol. The van der Waals surface area contributed by atoms with E-state index in [1.165, 1.54) is 29.8 Å². The molecule has 2 rings (SSSR count). The van der Waals surface area contributed by atoms with Gasteiger partial charge in [0.2, 0.25) is 0 Å². The molecule has 0 radical (unpaired) electrons. The van der Waals surface area contributed by atoms with Crippen molar-refractivity contribution < 1.29 is 0 Å². The molecule has 2 atom stereocenters. The van der Waals surface area contributed by atoms with Gasteiger partial charge in [-0.3, -0.25) is 4.68 Å². The first-order valence-electron chi connectivity index (χ1n) is 7.13. The molecular formula is C15H27N3. The van der Waals surface area contributed by atoms with E-state index >= 15 is 0 Å². The summed E-state index contributed by atoms with van der Waals surface area (Å²) in [6.07, 6.45) is 2.46. The van der Waals surface area contributed by atoms with Gasteiger partial charge in [0, 0.05) is 18.8 Å². The van der Waals surface area contributed by atoms with Gasteiger partial charge in [-0.25, -0.2) is 0 Å². The first kappa shape index (κ1) is 13.6. The molecule has 0 bridgehead atoms. The van der Waals surface area contributed by atoms with Gasteiger partial charge >= 0.3 is 0 Å². The van der Waals surface area contributed by atoms with Crippen molar-refractivity contribution in [1.82, 2.24) is 15.1 Å².